The average Bonchev–Trinajstić information content (AvgIpc) is 3.14. The summed E-state index contributed by atoms with van der Waals surface area (Å²) >= 11 is 0. The fourth-order valence-corrected chi connectivity index (χ4v) is 3.77. The van der Waals surface area contributed by atoms with Crippen molar-refractivity contribution in [3.8, 4) is 5.75 Å². The molecule has 4 rings (SSSR count). The maximum Gasteiger partial charge on any atom is 0.219 e. The van der Waals surface area contributed by atoms with Gasteiger partial charge >= 0.3 is 0 Å². The summed E-state index contributed by atoms with van der Waals surface area (Å²) in [6, 6.07) is 12.3. The monoisotopic (exact) mass is 368 g/mol. The average molecular weight is 368 g/mol. The molecule has 1 aromatic heterocycles. The van der Waals surface area contributed by atoms with Crippen LogP contribution in [-0.2, 0) is 0 Å². The van der Waals surface area contributed by atoms with Gasteiger partial charge in [-0.15, -0.1) is 0 Å². The molecule has 2 N–H and O–H groups in total. The molecule has 0 spiro atoms. The fourth-order valence-electron chi connectivity index (χ4n) is 3.77. The standard InChI is InChI=1S/C21H22FN3O2/c1-27-20-4-2-3-18-21(20)17(13-23-18)19(26)14-24-9-11-25(12-10-24)16-7-5-15(22)6-8-16/h2-8,13,23H,9-12,14H2,1H3/p+1. The second-order valence-corrected chi connectivity index (χ2v) is 6.90. The van der Waals surface area contributed by atoms with Gasteiger partial charge < -0.3 is 19.5 Å². The van der Waals surface area contributed by atoms with Crippen molar-refractivity contribution in [1.82, 2.24) is 4.98 Å². The molecule has 0 unspecified atom stereocenters. The predicted octanol–water partition coefficient (Wildman–Crippen LogP) is 1.90. The van der Waals surface area contributed by atoms with Gasteiger partial charge in [-0.25, -0.2) is 4.39 Å². The van der Waals surface area contributed by atoms with Crippen LogP contribution in [0.25, 0.3) is 10.9 Å². The van der Waals surface area contributed by atoms with E-state index in [-0.39, 0.29) is 11.6 Å². The molecule has 3 aromatic rings. The molecule has 140 valence electrons. The number of nitrogens with zero attached hydrogens (tertiary/aromatic N) is 1. The number of halogens is 1. The largest absolute Gasteiger partial charge is 0.496 e. The van der Waals surface area contributed by atoms with E-state index < -0.39 is 0 Å². The molecule has 6 heteroatoms. The highest BCUT2D eigenvalue weighted by Gasteiger charge is 2.25. The number of hydrogen-bond donors (Lipinski definition) is 2. The van der Waals surface area contributed by atoms with Gasteiger partial charge in [0, 0.05) is 17.4 Å². The van der Waals surface area contributed by atoms with E-state index in [2.05, 4.69) is 9.88 Å². The quantitative estimate of drug-likeness (QED) is 0.677. The lowest BCUT2D eigenvalue weighted by atomic mass is 10.1. The van der Waals surface area contributed by atoms with Gasteiger partial charge in [0.2, 0.25) is 5.78 Å². The third kappa shape index (κ3) is 3.53. The van der Waals surface area contributed by atoms with E-state index >= 15 is 0 Å². The molecule has 2 aromatic carbocycles. The molecule has 27 heavy (non-hydrogen) atoms. The Kier molecular flexibility index (Phi) is 4.81. The Morgan fingerprint density at radius 3 is 2.63 bits per heavy atom. The Bertz CT molecular complexity index is 944. The van der Waals surface area contributed by atoms with Crippen molar-refractivity contribution in [1.29, 1.82) is 0 Å². The number of carbonyl (C=O) groups is 1. The first kappa shape index (κ1) is 17.5. The molecule has 0 radical (unpaired) electrons. The molecule has 0 amide bonds. The number of Topliss-reactive ketones (excluding diaryl/α,β-unsaturated/α-hetero) is 1. The molecule has 0 atom stereocenters. The summed E-state index contributed by atoms with van der Waals surface area (Å²) < 4.78 is 18.5. The summed E-state index contributed by atoms with van der Waals surface area (Å²) in [6.07, 6.45) is 1.78. The van der Waals surface area contributed by atoms with Crippen molar-refractivity contribution < 1.29 is 18.8 Å². The molecule has 1 fully saturated rings. The van der Waals surface area contributed by atoms with E-state index in [9.17, 15) is 9.18 Å². The number of H-pyrrole nitrogens is 1. The SMILES string of the molecule is COc1cccc2[nH]cc(C(=O)C[NH+]3CCN(c4ccc(F)cc4)CC3)c12. The number of hydrogen-bond acceptors (Lipinski definition) is 3. The van der Waals surface area contributed by atoms with Crippen LogP contribution in [-0.4, -0.2) is 50.6 Å². The maximum absolute atomic E-state index is 13.1. The summed E-state index contributed by atoms with van der Waals surface area (Å²) in [5.41, 5.74) is 2.63. The highest BCUT2D eigenvalue weighted by atomic mass is 19.1. The summed E-state index contributed by atoms with van der Waals surface area (Å²) in [6.45, 7) is 3.92. The van der Waals surface area contributed by atoms with Crippen molar-refractivity contribution in [2.24, 2.45) is 0 Å². The minimum Gasteiger partial charge on any atom is -0.496 e. The number of methoxy groups -OCH3 is 1. The Morgan fingerprint density at radius 2 is 1.93 bits per heavy atom. The molecule has 2 heterocycles. The number of piperazine rings is 1. The smallest absolute Gasteiger partial charge is 0.219 e. The minimum absolute atomic E-state index is 0.121. The number of carbonyl (C=O) groups excluding carboxylic acids is 1. The second kappa shape index (κ2) is 7.40. The lowest BCUT2D eigenvalue weighted by molar-refractivity contribution is -0.892. The number of fused-ring (bicyclic) bond motifs is 1. The van der Waals surface area contributed by atoms with Crippen molar-refractivity contribution >= 4 is 22.4 Å². The van der Waals surface area contributed by atoms with E-state index in [4.69, 9.17) is 4.74 Å². The molecule has 1 saturated heterocycles. The highest BCUT2D eigenvalue weighted by molar-refractivity contribution is 6.10. The van der Waals surface area contributed by atoms with Crippen molar-refractivity contribution in [2.75, 3.05) is 44.7 Å². The fraction of sp³-hybridized carbons (Fsp3) is 0.286. The van der Waals surface area contributed by atoms with Gasteiger partial charge in [0.1, 0.15) is 18.1 Å². The van der Waals surface area contributed by atoms with E-state index in [0.29, 0.717) is 17.9 Å². The lowest BCUT2D eigenvalue weighted by Crippen LogP contribution is -3.15. The molecule has 0 saturated carbocycles. The number of anilines is 1. The third-order valence-corrected chi connectivity index (χ3v) is 5.26. The van der Waals surface area contributed by atoms with Crippen LogP contribution in [0.5, 0.6) is 5.75 Å². The first-order valence-electron chi connectivity index (χ1n) is 9.17. The van der Waals surface area contributed by atoms with Crippen LogP contribution in [0.4, 0.5) is 10.1 Å². The van der Waals surface area contributed by atoms with Crippen molar-refractivity contribution in [3.05, 3.63) is 60.0 Å². The molecule has 1 aliphatic heterocycles. The molecular weight excluding hydrogens is 345 g/mol. The normalized spacial score (nSPS) is 15.3. The number of ether oxygens (including phenoxy) is 1. The Morgan fingerprint density at radius 1 is 1.19 bits per heavy atom. The predicted molar refractivity (Wildman–Crippen MR) is 103 cm³/mol. The summed E-state index contributed by atoms with van der Waals surface area (Å²) in [4.78, 5) is 19.6. The first-order chi connectivity index (χ1) is 13.2. The topological polar surface area (TPSA) is 49.8 Å². The molecule has 0 aliphatic carbocycles. The van der Waals surface area contributed by atoms with Crippen molar-refractivity contribution in [3.63, 3.8) is 0 Å². The number of ketones is 1. The number of quaternary nitrogens is 1. The van der Waals surface area contributed by atoms with Gasteiger partial charge in [0.05, 0.1) is 44.2 Å². The van der Waals surface area contributed by atoms with Crippen molar-refractivity contribution in [2.45, 2.75) is 0 Å². The van der Waals surface area contributed by atoms with Crippen LogP contribution >= 0.6 is 0 Å². The zero-order valence-electron chi connectivity index (χ0n) is 15.3. The number of benzene rings is 2. The first-order valence-corrected chi connectivity index (χ1v) is 9.17. The molecule has 0 bridgehead atoms. The Hall–Kier alpha value is -2.86. The van der Waals surface area contributed by atoms with E-state index in [1.165, 1.54) is 17.0 Å². The molecule has 5 nitrogen and oxygen atoms in total. The second-order valence-electron chi connectivity index (χ2n) is 6.90. The van der Waals surface area contributed by atoms with Gasteiger partial charge in [0.15, 0.2) is 0 Å². The minimum atomic E-state index is -0.220. The maximum atomic E-state index is 13.1. The van der Waals surface area contributed by atoms with E-state index in [0.717, 1.165) is 42.8 Å². The Balaban J connectivity index is 1.42. The summed E-state index contributed by atoms with van der Waals surface area (Å²) in [5.74, 6) is 0.618. The van der Waals surface area contributed by atoms with Crippen LogP contribution in [0.15, 0.2) is 48.7 Å². The van der Waals surface area contributed by atoms with Crippen LogP contribution in [0, 0.1) is 5.82 Å². The number of nitrogens with one attached hydrogen (secondary N) is 2. The number of aromatic amines is 1. The van der Waals surface area contributed by atoms with Crippen LogP contribution < -0.4 is 14.5 Å². The zero-order chi connectivity index (χ0) is 18.8. The van der Waals surface area contributed by atoms with Crippen LogP contribution in [0.1, 0.15) is 10.4 Å². The van der Waals surface area contributed by atoms with Gasteiger partial charge in [-0.05, 0) is 36.4 Å². The number of rotatable bonds is 5. The van der Waals surface area contributed by atoms with Gasteiger partial charge in [-0.1, -0.05) is 6.07 Å². The van der Waals surface area contributed by atoms with E-state index in [1.807, 2.05) is 30.3 Å². The third-order valence-electron chi connectivity index (χ3n) is 5.26. The Labute approximate surface area is 157 Å². The zero-order valence-corrected chi connectivity index (χ0v) is 15.3. The van der Waals surface area contributed by atoms with Gasteiger partial charge in [0.25, 0.3) is 0 Å². The summed E-state index contributed by atoms with van der Waals surface area (Å²) in [5, 5.41) is 0.856. The van der Waals surface area contributed by atoms with E-state index in [1.54, 1.807) is 13.3 Å². The molecular formula is C21H23FN3O2+. The lowest BCUT2D eigenvalue weighted by Gasteiger charge is -2.33. The molecule has 1 aliphatic rings. The van der Waals surface area contributed by atoms with Crippen LogP contribution in [0.2, 0.25) is 0 Å². The highest BCUT2D eigenvalue weighted by Crippen LogP contribution is 2.28. The van der Waals surface area contributed by atoms with Crippen LogP contribution in [0.3, 0.4) is 0 Å². The number of aromatic nitrogens is 1. The summed E-state index contributed by atoms with van der Waals surface area (Å²) in [7, 11) is 1.62. The van der Waals surface area contributed by atoms with Gasteiger partial charge in [-0.3, -0.25) is 4.79 Å². The van der Waals surface area contributed by atoms with Gasteiger partial charge in [-0.2, -0.15) is 0 Å².